The van der Waals surface area contributed by atoms with Crippen LogP contribution in [0.4, 0.5) is 10.2 Å². The van der Waals surface area contributed by atoms with Crippen molar-refractivity contribution in [2.45, 2.75) is 13.8 Å². The molecule has 114 valence electrons. The number of rotatable bonds is 1. The van der Waals surface area contributed by atoms with Gasteiger partial charge in [0.1, 0.15) is 28.6 Å². The molecule has 0 saturated heterocycles. The fourth-order valence-electron chi connectivity index (χ4n) is 2.97. The zero-order valence-electron chi connectivity index (χ0n) is 12.8. The maximum atomic E-state index is 13.1. The van der Waals surface area contributed by atoms with E-state index in [1.807, 2.05) is 29.5 Å². The molecule has 0 unspecified atom stereocenters. The van der Waals surface area contributed by atoms with Crippen LogP contribution >= 0.6 is 0 Å². The molecule has 5 heteroatoms. The predicted molar refractivity (Wildman–Crippen MR) is 89.8 cm³/mol. The lowest BCUT2D eigenvalue weighted by molar-refractivity contribution is 0.628. The number of aromatic nitrogens is 3. The van der Waals surface area contributed by atoms with Gasteiger partial charge in [-0.25, -0.2) is 14.4 Å². The van der Waals surface area contributed by atoms with Crippen molar-refractivity contribution in [3.8, 4) is 11.3 Å². The van der Waals surface area contributed by atoms with Gasteiger partial charge < -0.3 is 5.73 Å². The maximum Gasteiger partial charge on any atom is 0.147 e. The van der Waals surface area contributed by atoms with E-state index in [4.69, 9.17) is 5.73 Å². The largest absolute Gasteiger partial charge is 0.383 e. The standard InChI is InChI=1S/C18H15FN4/c1-10-9-11(2)21-18-14(10)7-8-15-22-16(17(20)23(15)18)12-3-5-13(19)6-4-12/h3-9H,20H2,1-2H3. The molecule has 4 nitrogen and oxygen atoms in total. The number of pyridine rings is 2. The average molecular weight is 306 g/mol. The highest BCUT2D eigenvalue weighted by Gasteiger charge is 2.15. The molecule has 23 heavy (non-hydrogen) atoms. The molecule has 0 aliphatic heterocycles. The lowest BCUT2D eigenvalue weighted by Crippen LogP contribution is -1.99. The minimum absolute atomic E-state index is 0.283. The molecule has 0 radical (unpaired) electrons. The number of nitrogens with zero attached hydrogens (tertiary/aromatic N) is 3. The number of hydrogen-bond acceptors (Lipinski definition) is 3. The topological polar surface area (TPSA) is 56.2 Å². The minimum Gasteiger partial charge on any atom is -0.383 e. The van der Waals surface area contributed by atoms with E-state index < -0.39 is 0 Å². The van der Waals surface area contributed by atoms with Crippen molar-refractivity contribution in [1.82, 2.24) is 14.4 Å². The van der Waals surface area contributed by atoms with Gasteiger partial charge in [-0.1, -0.05) is 0 Å². The maximum absolute atomic E-state index is 13.1. The molecule has 0 saturated carbocycles. The van der Waals surface area contributed by atoms with Crippen LogP contribution < -0.4 is 5.73 Å². The van der Waals surface area contributed by atoms with Crippen molar-refractivity contribution in [3.63, 3.8) is 0 Å². The Kier molecular flexibility index (Phi) is 2.84. The highest BCUT2D eigenvalue weighted by Crippen LogP contribution is 2.30. The van der Waals surface area contributed by atoms with Gasteiger partial charge in [0.15, 0.2) is 0 Å². The fourth-order valence-corrected chi connectivity index (χ4v) is 2.97. The molecule has 0 aliphatic carbocycles. The first-order chi connectivity index (χ1) is 11.0. The monoisotopic (exact) mass is 306 g/mol. The van der Waals surface area contributed by atoms with Crippen molar-refractivity contribution in [2.75, 3.05) is 5.73 Å². The van der Waals surface area contributed by atoms with E-state index in [2.05, 4.69) is 16.9 Å². The third-order valence-corrected chi connectivity index (χ3v) is 4.04. The summed E-state index contributed by atoms with van der Waals surface area (Å²) in [6.07, 6.45) is 0. The summed E-state index contributed by atoms with van der Waals surface area (Å²) in [7, 11) is 0. The number of imidazole rings is 1. The molecule has 4 rings (SSSR count). The third kappa shape index (κ3) is 2.04. The number of fused-ring (bicyclic) bond motifs is 3. The Morgan fingerprint density at radius 1 is 1.00 bits per heavy atom. The Bertz CT molecular complexity index is 1050. The summed E-state index contributed by atoms with van der Waals surface area (Å²) in [6.45, 7) is 4.01. The van der Waals surface area contributed by atoms with Gasteiger partial charge in [0.2, 0.25) is 0 Å². The Labute approximate surface area is 132 Å². The second-order valence-corrected chi connectivity index (χ2v) is 5.70. The quantitative estimate of drug-likeness (QED) is 0.580. The molecule has 3 aromatic heterocycles. The van der Waals surface area contributed by atoms with Crippen LogP contribution in [0.3, 0.4) is 0 Å². The van der Waals surface area contributed by atoms with Crippen LogP contribution in [0.2, 0.25) is 0 Å². The zero-order chi connectivity index (χ0) is 16.1. The molecular formula is C18H15FN4. The van der Waals surface area contributed by atoms with Crippen molar-refractivity contribution in [1.29, 1.82) is 0 Å². The SMILES string of the molecule is Cc1cc(C)c2ccc3nc(-c4ccc(F)cc4)c(N)n3c2n1. The highest BCUT2D eigenvalue weighted by atomic mass is 19.1. The lowest BCUT2D eigenvalue weighted by Gasteiger charge is -2.07. The van der Waals surface area contributed by atoms with Gasteiger partial charge in [-0.15, -0.1) is 0 Å². The van der Waals surface area contributed by atoms with Crippen molar-refractivity contribution in [3.05, 3.63) is 59.5 Å². The zero-order valence-corrected chi connectivity index (χ0v) is 12.8. The summed E-state index contributed by atoms with van der Waals surface area (Å²) in [4.78, 5) is 9.23. The Morgan fingerprint density at radius 2 is 1.74 bits per heavy atom. The molecule has 0 aliphatic rings. The molecule has 0 spiro atoms. The Balaban J connectivity index is 2.08. The second-order valence-electron chi connectivity index (χ2n) is 5.70. The Hall–Kier alpha value is -2.95. The van der Waals surface area contributed by atoms with Gasteiger partial charge in [-0.2, -0.15) is 0 Å². The number of hydrogen-bond donors (Lipinski definition) is 1. The van der Waals surface area contributed by atoms with Gasteiger partial charge in [-0.05, 0) is 61.9 Å². The van der Waals surface area contributed by atoms with E-state index >= 15 is 0 Å². The summed E-state index contributed by atoms with van der Waals surface area (Å²) in [5, 5.41) is 1.04. The number of aryl methyl sites for hydroxylation is 2. The van der Waals surface area contributed by atoms with E-state index in [9.17, 15) is 4.39 Å². The van der Waals surface area contributed by atoms with Crippen molar-refractivity contribution in [2.24, 2.45) is 0 Å². The van der Waals surface area contributed by atoms with E-state index in [0.717, 1.165) is 33.5 Å². The number of benzene rings is 1. The summed E-state index contributed by atoms with van der Waals surface area (Å²) in [5.74, 6) is 0.226. The van der Waals surface area contributed by atoms with Gasteiger partial charge in [0, 0.05) is 16.6 Å². The van der Waals surface area contributed by atoms with Crippen LogP contribution in [0.5, 0.6) is 0 Å². The summed E-state index contributed by atoms with van der Waals surface area (Å²) < 4.78 is 15.0. The van der Waals surface area contributed by atoms with Gasteiger partial charge >= 0.3 is 0 Å². The van der Waals surface area contributed by atoms with E-state index in [-0.39, 0.29) is 5.82 Å². The molecule has 1 aromatic carbocycles. The van der Waals surface area contributed by atoms with Gasteiger partial charge in [-0.3, -0.25) is 4.40 Å². The normalized spacial score (nSPS) is 11.4. The molecule has 0 bridgehead atoms. The number of anilines is 1. The van der Waals surface area contributed by atoms with E-state index in [1.165, 1.54) is 12.1 Å². The molecule has 2 N–H and O–H groups in total. The Morgan fingerprint density at radius 3 is 2.48 bits per heavy atom. The van der Waals surface area contributed by atoms with Gasteiger partial charge in [0.25, 0.3) is 0 Å². The van der Waals surface area contributed by atoms with Gasteiger partial charge in [0.05, 0.1) is 0 Å². The molecule has 0 atom stereocenters. The smallest absolute Gasteiger partial charge is 0.147 e. The third-order valence-electron chi connectivity index (χ3n) is 4.04. The lowest BCUT2D eigenvalue weighted by atomic mass is 10.1. The summed E-state index contributed by atoms with van der Waals surface area (Å²) in [6, 6.07) is 12.2. The summed E-state index contributed by atoms with van der Waals surface area (Å²) >= 11 is 0. The number of nitrogen functional groups attached to an aromatic ring is 1. The van der Waals surface area contributed by atoms with Crippen LogP contribution in [0.1, 0.15) is 11.3 Å². The number of halogens is 1. The van der Waals surface area contributed by atoms with Crippen molar-refractivity contribution >= 4 is 22.5 Å². The molecule has 4 aromatic rings. The molecule has 3 heterocycles. The first-order valence-electron chi connectivity index (χ1n) is 7.35. The molecule has 0 amide bonds. The average Bonchev–Trinajstić information content (AvgIpc) is 2.85. The first kappa shape index (κ1) is 13.7. The number of nitrogens with two attached hydrogens (primary N) is 1. The highest BCUT2D eigenvalue weighted by molar-refractivity contribution is 5.86. The van der Waals surface area contributed by atoms with Crippen LogP contribution in [0.25, 0.3) is 27.9 Å². The summed E-state index contributed by atoms with van der Waals surface area (Å²) in [5.41, 5.74) is 11.4. The minimum atomic E-state index is -0.283. The predicted octanol–water partition coefficient (Wildman–Crippen LogP) is 3.89. The van der Waals surface area contributed by atoms with E-state index in [1.54, 1.807) is 12.1 Å². The van der Waals surface area contributed by atoms with Crippen LogP contribution in [-0.4, -0.2) is 14.4 Å². The van der Waals surface area contributed by atoms with E-state index in [0.29, 0.717) is 11.5 Å². The molecular weight excluding hydrogens is 291 g/mol. The first-order valence-corrected chi connectivity index (χ1v) is 7.35. The second kappa shape index (κ2) is 4.78. The van der Waals surface area contributed by atoms with Crippen LogP contribution in [0, 0.1) is 19.7 Å². The van der Waals surface area contributed by atoms with Crippen molar-refractivity contribution < 1.29 is 4.39 Å². The molecule has 0 fully saturated rings. The fraction of sp³-hybridized carbons (Fsp3) is 0.111. The van der Waals surface area contributed by atoms with Crippen LogP contribution in [-0.2, 0) is 0 Å². The van der Waals surface area contributed by atoms with Crippen LogP contribution in [0.15, 0.2) is 42.5 Å².